The van der Waals surface area contributed by atoms with Crippen LogP contribution in [0.4, 0.5) is 5.69 Å². The Morgan fingerprint density at radius 3 is 1.30 bits per heavy atom. The van der Waals surface area contributed by atoms with Crippen LogP contribution in [0, 0.1) is 56.7 Å². The van der Waals surface area contributed by atoms with Gasteiger partial charge in [-0.3, -0.25) is 4.68 Å². The standard InChI is InChI=1S/C78H86N10O2/c1-50(2)74(89)90-25-23-21-19-17-15-16-18-20-22-24-88-49-71(86-87-88)59-30-51-26-55(38-59)60(44-79)31-52-27-56(39-64(35-52)75(3,4)5)61(45-80)32-53-28-57(40-65(36-53)76(6,7)8)62(46-81)33-54-29-58(41-66(37-54)77(9,10)11)70(48-83)73(85)69-43-67(78(12,13)14)42-68(72(69)84)63(34-51)47-82/h26-43,49H,1,15-25,84-85H2,2-14H3/b60-31+,61-32+,62-33+,63-34+,73-70-. The molecule has 1 aromatic heterocycles. The molecule has 0 fully saturated rings. The molecule has 0 radical (unpaired) electrons. The molecule has 12 nitrogen and oxygen atoms in total. The number of hydrogen-bond donors (Lipinski definition) is 2. The van der Waals surface area contributed by atoms with Crippen LogP contribution in [-0.4, -0.2) is 27.6 Å². The molecule has 0 unspecified atom stereocenters. The van der Waals surface area contributed by atoms with Crippen molar-refractivity contribution in [1.29, 1.82) is 26.3 Å². The third-order valence-corrected chi connectivity index (χ3v) is 16.3. The monoisotopic (exact) mass is 1190 g/mol. The fourth-order valence-corrected chi connectivity index (χ4v) is 10.8. The molecule has 460 valence electrons. The average Bonchev–Trinajstić information content (AvgIpc) is 1.08. The maximum Gasteiger partial charge on any atom is 0.333 e. The summed E-state index contributed by atoms with van der Waals surface area (Å²) in [4.78, 5) is 11.6. The number of aromatic nitrogens is 3. The Hall–Kier alpha value is -9.80. The largest absolute Gasteiger partial charge is 0.462 e. The molecule has 0 amide bonds. The summed E-state index contributed by atoms with van der Waals surface area (Å²) in [6, 6.07) is 39.7. The van der Waals surface area contributed by atoms with Gasteiger partial charge in [0.15, 0.2) is 0 Å². The minimum Gasteiger partial charge on any atom is -0.462 e. The molecule has 0 atom stereocenters. The highest BCUT2D eigenvalue weighted by Crippen LogP contribution is 2.40. The second kappa shape index (κ2) is 28.6. The molecule has 10 bridgehead atoms. The van der Waals surface area contributed by atoms with Crippen LogP contribution >= 0.6 is 0 Å². The number of rotatable bonds is 14. The number of esters is 1. The van der Waals surface area contributed by atoms with Gasteiger partial charge in [-0.15, -0.1) is 5.10 Å². The molecule has 90 heavy (non-hydrogen) atoms. The summed E-state index contributed by atoms with van der Waals surface area (Å²) in [5.74, 6) is -0.332. The topological polar surface area (TPSA) is 228 Å². The number of carbonyl (C=O) groups excluding carboxylic acids is 1. The van der Waals surface area contributed by atoms with Gasteiger partial charge in [-0.1, -0.05) is 158 Å². The van der Waals surface area contributed by atoms with Gasteiger partial charge in [0.25, 0.3) is 0 Å². The van der Waals surface area contributed by atoms with Crippen molar-refractivity contribution in [2.24, 2.45) is 5.73 Å². The smallest absolute Gasteiger partial charge is 0.333 e. The summed E-state index contributed by atoms with van der Waals surface area (Å²) in [5.41, 5.74) is 25.9. The molecule has 5 aromatic carbocycles. The molecule has 4 N–H and O–H groups in total. The van der Waals surface area contributed by atoms with Gasteiger partial charge < -0.3 is 16.2 Å². The zero-order valence-electron chi connectivity index (χ0n) is 55.0. The lowest BCUT2D eigenvalue weighted by atomic mass is 9.81. The molecule has 0 saturated heterocycles. The van der Waals surface area contributed by atoms with Gasteiger partial charge in [-0.25, -0.2) is 4.79 Å². The van der Waals surface area contributed by atoms with Crippen molar-refractivity contribution in [1.82, 2.24) is 15.0 Å². The number of nitriles is 5. The van der Waals surface area contributed by atoms with Gasteiger partial charge in [-0.05, 0) is 199 Å². The minimum atomic E-state index is -0.473. The number of nitrogens with zero attached hydrogens (tertiary/aromatic N) is 8. The van der Waals surface area contributed by atoms with Gasteiger partial charge >= 0.3 is 5.97 Å². The number of carbonyl (C=O) groups is 1. The summed E-state index contributed by atoms with van der Waals surface area (Å²) >= 11 is 0. The first kappa shape index (κ1) is 67.7. The molecule has 0 spiro atoms. The third-order valence-electron chi connectivity index (χ3n) is 16.3. The van der Waals surface area contributed by atoms with Crippen molar-refractivity contribution in [3.8, 4) is 41.6 Å². The van der Waals surface area contributed by atoms with Gasteiger partial charge in [0.05, 0.1) is 70.6 Å². The van der Waals surface area contributed by atoms with E-state index < -0.39 is 10.8 Å². The minimum absolute atomic E-state index is 0.118. The molecule has 1 aliphatic carbocycles. The SMILES string of the molecule is C=C(C)C(=O)OCCCCCCCCCCCn1cc(-c2cc3cc(c2)/C(C#N)=C/c2cc(cc(C(C)(C)C)c2)/C(C#N)=C/c2cc(cc(C(C)(C)C)c2)/C(C#N)=C/c2cc(cc(C(C)(C)C)c2)/C(C#N)=C(\N)c2cc(C(C)(C)C)cc(c2N)/C(C#N)=C/3)nn1. The van der Waals surface area contributed by atoms with E-state index in [1.54, 1.807) is 13.0 Å². The van der Waals surface area contributed by atoms with Crippen molar-refractivity contribution in [3.05, 3.63) is 181 Å². The lowest BCUT2D eigenvalue weighted by Gasteiger charge is -2.24. The molecular formula is C78H86N10O2. The van der Waals surface area contributed by atoms with E-state index in [2.05, 4.69) is 136 Å². The Labute approximate surface area is 534 Å². The van der Waals surface area contributed by atoms with Crippen molar-refractivity contribution in [2.75, 3.05) is 12.3 Å². The number of nitrogens with two attached hydrogens (primary N) is 2. The van der Waals surface area contributed by atoms with E-state index in [4.69, 9.17) is 16.2 Å². The summed E-state index contributed by atoms with van der Waals surface area (Å²) in [7, 11) is 0. The molecule has 1 heterocycles. The molecule has 1 aliphatic rings. The Bertz CT molecular complexity index is 4130. The lowest BCUT2D eigenvalue weighted by Crippen LogP contribution is -2.15. The molecule has 6 aromatic rings. The zero-order chi connectivity index (χ0) is 65.9. The van der Waals surface area contributed by atoms with Crippen LogP contribution in [0.3, 0.4) is 0 Å². The van der Waals surface area contributed by atoms with E-state index in [0.29, 0.717) is 96.8 Å². The number of anilines is 1. The highest BCUT2D eigenvalue weighted by atomic mass is 16.5. The first-order chi connectivity index (χ1) is 42.4. The van der Waals surface area contributed by atoms with Gasteiger partial charge in [0, 0.05) is 34.5 Å². The van der Waals surface area contributed by atoms with Crippen molar-refractivity contribution >= 4 is 69.5 Å². The van der Waals surface area contributed by atoms with Crippen LogP contribution in [0.15, 0.2) is 103 Å². The fourth-order valence-electron chi connectivity index (χ4n) is 10.8. The quantitative estimate of drug-likeness (QED) is 0.0451. The van der Waals surface area contributed by atoms with Crippen LogP contribution in [0.1, 0.15) is 226 Å². The second-order valence-corrected chi connectivity index (χ2v) is 27.9. The van der Waals surface area contributed by atoms with Crippen LogP contribution < -0.4 is 11.5 Å². The lowest BCUT2D eigenvalue weighted by molar-refractivity contribution is -0.139. The molecular weight excluding hydrogens is 1110 g/mol. The number of hydrogen-bond acceptors (Lipinski definition) is 11. The Morgan fingerprint density at radius 1 is 0.478 bits per heavy atom. The highest BCUT2D eigenvalue weighted by molar-refractivity contribution is 6.04. The fraction of sp³-hybridized carbons (Fsp3) is 0.359. The second-order valence-electron chi connectivity index (χ2n) is 27.9. The molecule has 7 rings (SSSR count). The third kappa shape index (κ3) is 17.3. The van der Waals surface area contributed by atoms with Crippen LogP contribution in [0.25, 0.3) is 69.1 Å². The Balaban J connectivity index is 1.43. The predicted octanol–water partition coefficient (Wildman–Crippen LogP) is 18.3. The maximum absolute atomic E-state index is 11.6. The number of nitrogen functional groups attached to an aromatic ring is 1. The highest BCUT2D eigenvalue weighted by Gasteiger charge is 2.26. The summed E-state index contributed by atoms with van der Waals surface area (Å²) in [6.45, 7) is 31.5. The molecule has 12 heteroatoms. The van der Waals surface area contributed by atoms with E-state index >= 15 is 0 Å². The van der Waals surface area contributed by atoms with E-state index in [-0.39, 0.29) is 39.3 Å². The number of benzene rings is 5. The number of ether oxygens (including phenoxy) is 1. The number of allylic oxidation sites excluding steroid dienone is 5. The first-order valence-corrected chi connectivity index (χ1v) is 31.1. The Kier molecular flexibility index (Phi) is 21.5. The molecule has 0 saturated carbocycles. The van der Waals surface area contributed by atoms with Gasteiger partial charge in [0.2, 0.25) is 0 Å². The van der Waals surface area contributed by atoms with Crippen LogP contribution in [-0.2, 0) is 37.7 Å². The van der Waals surface area contributed by atoms with Crippen molar-refractivity contribution < 1.29 is 9.53 Å². The van der Waals surface area contributed by atoms with Crippen molar-refractivity contribution in [2.45, 2.75) is 176 Å². The normalized spacial score (nSPS) is 16.2. The summed E-state index contributed by atoms with van der Waals surface area (Å²) in [6.07, 6.45) is 18.6. The summed E-state index contributed by atoms with van der Waals surface area (Å²) in [5, 5.41) is 65.2. The Morgan fingerprint density at radius 2 is 0.856 bits per heavy atom. The zero-order valence-corrected chi connectivity index (χ0v) is 55.0. The first-order valence-electron chi connectivity index (χ1n) is 31.1. The van der Waals surface area contributed by atoms with Crippen LogP contribution in [0.5, 0.6) is 0 Å². The average molecular weight is 1200 g/mol. The number of aryl methyl sites for hydroxylation is 1. The van der Waals surface area contributed by atoms with E-state index in [0.717, 1.165) is 85.6 Å². The number of fused-ring (bicyclic) bond motifs is 10. The van der Waals surface area contributed by atoms with Gasteiger partial charge in [0.1, 0.15) is 11.8 Å². The molecule has 0 aliphatic heterocycles. The van der Waals surface area contributed by atoms with E-state index in [1.807, 2.05) is 108 Å². The van der Waals surface area contributed by atoms with Crippen LogP contribution in [0.2, 0.25) is 0 Å². The maximum atomic E-state index is 11.6. The van der Waals surface area contributed by atoms with Gasteiger partial charge in [-0.2, -0.15) is 26.3 Å². The van der Waals surface area contributed by atoms with E-state index in [1.165, 1.54) is 0 Å². The predicted molar refractivity (Wildman–Crippen MR) is 368 cm³/mol. The number of unbranched alkanes of at least 4 members (excludes halogenated alkanes) is 8. The summed E-state index contributed by atoms with van der Waals surface area (Å²) < 4.78 is 7.06. The van der Waals surface area contributed by atoms with E-state index in [9.17, 15) is 31.1 Å². The van der Waals surface area contributed by atoms with Crippen molar-refractivity contribution in [3.63, 3.8) is 0 Å².